The van der Waals surface area contributed by atoms with E-state index >= 15 is 0 Å². The molecule has 0 unspecified atom stereocenters. The molecule has 6 nitrogen and oxygen atoms in total. The van der Waals surface area contributed by atoms with Crippen LogP contribution in [0.15, 0.2) is 34.4 Å². The lowest BCUT2D eigenvalue weighted by Gasteiger charge is -2.14. The number of nitrogens with zero attached hydrogens (tertiary/aromatic N) is 5. The molecule has 1 aromatic carbocycles. The summed E-state index contributed by atoms with van der Waals surface area (Å²) in [6.45, 7) is 3.43. The van der Waals surface area contributed by atoms with Crippen LogP contribution < -0.4 is 9.54 Å². The fraction of sp³-hybridized carbons (Fsp3) is 0.429. The Kier molecular flexibility index (Phi) is 8.16. The van der Waals surface area contributed by atoms with Crippen LogP contribution >= 0.6 is 11.3 Å². The van der Waals surface area contributed by atoms with Crippen molar-refractivity contribution in [3.8, 4) is 18.0 Å². The molecule has 2 aromatic rings. The van der Waals surface area contributed by atoms with Gasteiger partial charge in [-0.2, -0.15) is 46.9 Å². The van der Waals surface area contributed by atoms with E-state index in [9.17, 15) is 31.6 Å². The summed E-state index contributed by atoms with van der Waals surface area (Å²) in [6.07, 6.45) is -7.25. The Hall–Kier alpha value is -3.32. The number of ether oxygens (including phenoxy) is 1. The maximum absolute atomic E-state index is 12.8. The summed E-state index contributed by atoms with van der Waals surface area (Å²) in [5.41, 5.74) is -0.591. The van der Waals surface area contributed by atoms with Gasteiger partial charge in [0.25, 0.3) is 0 Å². The van der Waals surface area contributed by atoms with Gasteiger partial charge in [-0.05, 0) is 23.6 Å². The molecule has 13 heteroatoms. The molecule has 0 saturated heterocycles. The fourth-order valence-corrected chi connectivity index (χ4v) is 3.64. The second-order valence-electron chi connectivity index (χ2n) is 8.06. The van der Waals surface area contributed by atoms with Gasteiger partial charge < -0.3 is 9.30 Å². The first-order valence-electron chi connectivity index (χ1n) is 9.66. The molecule has 0 amide bonds. The fourth-order valence-electron chi connectivity index (χ4n) is 2.56. The lowest BCUT2D eigenvalue weighted by Crippen LogP contribution is -2.22. The van der Waals surface area contributed by atoms with E-state index in [0.29, 0.717) is 4.88 Å². The summed E-state index contributed by atoms with van der Waals surface area (Å²) >= 11 is 1.05. The Bertz CT molecular complexity index is 1200. The number of aliphatic imine (C=N–C) groups is 1. The topological polar surface area (TPSA) is 86.5 Å². The normalized spacial score (nSPS) is 13.5. The number of rotatable bonds is 5. The molecule has 0 N–H and O–H groups in total. The second-order valence-corrected chi connectivity index (χ2v) is 9.07. The third-order valence-electron chi connectivity index (χ3n) is 4.19. The van der Waals surface area contributed by atoms with Crippen LogP contribution in [0.25, 0.3) is 0 Å². The maximum Gasteiger partial charge on any atom is 0.422 e. The van der Waals surface area contributed by atoms with E-state index in [1.165, 1.54) is 23.0 Å². The number of hydrogen-bond acceptors (Lipinski definition) is 5. The van der Waals surface area contributed by atoms with E-state index in [4.69, 9.17) is 10.00 Å². The van der Waals surface area contributed by atoms with E-state index in [-0.39, 0.29) is 21.7 Å². The first-order valence-corrected chi connectivity index (χ1v) is 10.5. The van der Waals surface area contributed by atoms with E-state index in [2.05, 4.69) is 9.98 Å². The van der Waals surface area contributed by atoms with Gasteiger partial charge in [-0.15, -0.1) is 11.3 Å². The molecule has 0 saturated carbocycles. The standard InChI is InChI=1S/C21H19F6N5OS/c1-19(2,3)16-10-32(7-6-20(22,23)24)18(34-16)31-17(30-12-29)14-8-13(9-28)4-5-15(14)33-11-21(25,26)27/h4-5,8,10H,6-7,11H2,1-3H3/b30-17+,31-18-. The minimum absolute atomic E-state index is 0.0294. The Morgan fingerprint density at radius 1 is 1.09 bits per heavy atom. The zero-order valence-electron chi connectivity index (χ0n) is 18.3. The average Bonchev–Trinajstić information content (AvgIpc) is 3.12. The van der Waals surface area contributed by atoms with Gasteiger partial charge in [-0.25, -0.2) is 0 Å². The molecule has 0 radical (unpaired) electrons. The summed E-state index contributed by atoms with van der Waals surface area (Å²) in [5, 5.41) is 18.3. The number of hydrogen-bond donors (Lipinski definition) is 0. The zero-order chi connectivity index (χ0) is 25.7. The van der Waals surface area contributed by atoms with E-state index in [1.54, 1.807) is 0 Å². The molecule has 0 aliphatic rings. The molecule has 1 heterocycles. The van der Waals surface area contributed by atoms with Crippen LogP contribution in [0.1, 0.15) is 43.2 Å². The highest BCUT2D eigenvalue weighted by Gasteiger charge is 2.30. The molecule has 2 rings (SSSR count). The molecular formula is C21H19F6N5OS. The Morgan fingerprint density at radius 2 is 1.76 bits per heavy atom. The number of halogens is 6. The Balaban J connectivity index is 2.68. The highest BCUT2D eigenvalue weighted by molar-refractivity contribution is 7.09. The predicted octanol–water partition coefficient (Wildman–Crippen LogP) is 5.44. The third-order valence-corrected chi connectivity index (χ3v) is 5.64. The average molecular weight is 503 g/mol. The highest BCUT2D eigenvalue weighted by atomic mass is 32.1. The smallest absolute Gasteiger partial charge is 0.422 e. The van der Waals surface area contributed by atoms with Gasteiger partial charge in [0, 0.05) is 17.6 Å². The van der Waals surface area contributed by atoms with Crippen molar-refractivity contribution in [1.29, 1.82) is 10.5 Å². The summed E-state index contributed by atoms with van der Waals surface area (Å²) in [5.74, 6) is -0.747. The van der Waals surface area contributed by atoms with E-state index < -0.39 is 43.2 Å². The summed E-state index contributed by atoms with van der Waals surface area (Å²) in [4.78, 5) is 8.49. The summed E-state index contributed by atoms with van der Waals surface area (Å²) < 4.78 is 82.6. The molecule has 0 bridgehead atoms. The maximum atomic E-state index is 12.8. The number of aromatic nitrogens is 1. The molecule has 0 aliphatic carbocycles. The largest absolute Gasteiger partial charge is 0.483 e. The molecule has 34 heavy (non-hydrogen) atoms. The lowest BCUT2D eigenvalue weighted by molar-refractivity contribution is -0.153. The number of alkyl halides is 6. The van der Waals surface area contributed by atoms with Crippen LogP contribution in [-0.2, 0) is 12.0 Å². The van der Waals surface area contributed by atoms with Gasteiger partial charge in [0.2, 0.25) is 6.19 Å². The monoisotopic (exact) mass is 503 g/mol. The van der Waals surface area contributed by atoms with Crippen molar-refractivity contribution in [1.82, 2.24) is 4.57 Å². The van der Waals surface area contributed by atoms with E-state index in [1.807, 2.05) is 26.8 Å². The second kappa shape index (κ2) is 10.3. The van der Waals surface area contributed by atoms with Gasteiger partial charge >= 0.3 is 12.4 Å². The van der Waals surface area contributed by atoms with Crippen LogP contribution in [-0.4, -0.2) is 29.4 Å². The van der Waals surface area contributed by atoms with Gasteiger partial charge in [0.15, 0.2) is 17.2 Å². The predicted molar refractivity (Wildman–Crippen MR) is 112 cm³/mol. The van der Waals surface area contributed by atoms with Crippen molar-refractivity contribution < 1.29 is 31.1 Å². The van der Waals surface area contributed by atoms with Crippen molar-refractivity contribution in [2.24, 2.45) is 9.98 Å². The molecule has 1 aromatic heterocycles. The third kappa shape index (κ3) is 7.92. The quantitative estimate of drug-likeness (QED) is 0.236. The van der Waals surface area contributed by atoms with Gasteiger partial charge in [0.05, 0.1) is 23.6 Å². The van der Waals surface area contributed by atoms with Crippen LogP contribution in [0.4, 0.5) is 26.3 Å². The molecule has 0 aliphatic heterocycles. The highest BCUT2D eigenvalue weighted by Crippen LogP contribution is 2.27. The van der Waals surface area contributed by atoms with Crippen molar-refractivity contribution >= 4 is 17.2 Å². The number of thiazole rings is 1. The summed E-state index contributed by atoms with van der Waals surface area (Å²) in [7, 11) is 0. The number of aryl methyl sites for hydroxylation is 1. The molecule has 182 valence electrons. The van der Waals surface area contributed by atoms with Gasteiger partial charge in [0.1, 0.15) is 5.75 Å². The van der Waals surface area contributed by atoms with Crippen LogP contribution in [0.2, 0.25) is 0 Å². The number of nitriles is 2. The zero-order valence-corrected chi connectivity index (χ0v) is 19.1. The molecule has 0 spiro atoms. The van der Waals surface area contributed by atoms with Gasteiger partial charge in [-0.1, -0.05) is 20.8 Å². The van der Waals surface area contributed by atoms with E-state index in [0.717, 1.165) is 23.5 Å². The Morgan fingerprint density at radius 3 is 2.29 bits per heavy atom. The molecular weight excluding hydrogens is 484 g/mol. The SMILES string of the molecule is CC(C)(C)c1cn(CCC(F)(F)F)/c(=N/C(=N/C#N)c2cc(C#N)ccc2OCC(F)(F)F)s1. The minimum atomic E-state index is -4.66. The van der Waals surface area contributed by atoms with Gasteiger partial charge in [-0.3, -0.25) is 0 Å². The van der Waals surface area contributed by atoms with Crippen molar-refractivity contribution in [3.05, 3.63) is 45.2 Å². The van der Waals surface area contributed by atoms with Crippen molar-refractivity contribution in [3.63, 3.8) is 0 Å². The first kappa shape index (κ1) is 26.9. The first-order chi connectivity index (χ1) is 15.6. The van der Waals surface area contributed by atoms with Crippen molar-refractivity contribution in [2.75, 3.05) is 6.61 Å². The van der Waals surface area contributed by atoms with Crippen LogP contribution in [0.5, 0.6) is 5.75 Å². The number of amidine groups is 1. The minimum Gasteiger partial charge on any atom is -0.483 e. The van der Waals surface area contributed by atoms with Crippen LogP contribution in [0, 0.1) is 22.8 Å². The molecule has 0 fully saturated rings. The number of benzene rings is 1. The lowest BCUT2D eigenvalue weighted by atomic mass is 9.95. The summed E-state index contributed by atoms with van der Waals surface area (Å²) in [6, 6.07) is 5.28. The van der Waals surface area contributed by atoms with Crippen molar-refractivity contribution in [2.45, 2.75) is 51.5 Å². The molecule has 0 atom stereocenters. The Labute approximate surface area is 195 Å². The van der Waals surface area contributed by atoms with Crippen LogP contribution in [0.3, 0.4) is 0 Å².